The summed E-state index contributed by atoms with van der Waals surface area (Å²) in [6, 6.07) is 8.41. The molecule has 0 spiro atoms. The molecule has 1 aliphatic rings. The predicted molar refractivity (Wildman–Crippen MR) is 78.1 cm³/mol. The molecule has 1 atom stereocenters. The summed E-state index contributed by atoms with van der Waals surface area (Å²) in [5.74, 6) is 0.0970. The molecule has 1 aromatic rings. The first-order valence-electron chi connectivity index (χ1n) is 6.90. The van der Waals surface area contributed by atoms with Crippen LogP contribution in [0.3, 0.4) is 0 Å². The lowest BCUT2D eigenvalue weighted by Crippen LogP contribution is -2.27. The fourth-order valence-electron chi connectivity index (χ4n) is 2.43. The van der Waals surface area contributed by atoms with Crippen LogP contribution in [0.5, 0.6) is 0 Å². The minimum absolute atomic E-state index is 0.0970. The molecule has 19 heavy (non-hydrogen) atoms. The molecule has 1 heterocycles. The second-order valence-corrected chi connectivity index (χ2v) is 5.48. The molecule has 4 heteroatoms. The first-order chi connectivity index (χ1) is 9.13. The van der Waals surface area contributed by atoms with Crippen LogP contribution in [0.1, 0.15) is 24.8 Å². The third-order valence-electron chi connectivity index (χ3n) is 3.33. The van der Waals surface area contributed by atoms with E-state index in [4.69, 9.17) is 0 Å². The lowest BCUT2D eigenvalue weighted by atomic mass is 10.1. The van der Waals surface area contributed by atoms with Gasteiger partial charge in [-0.1, -0.05) is 12.1 Å². The Hall–Kier alpha value is -1.39. The van der Waals surface area contributed by atoms with E-state index in [9.17, 15) is 4.79 Å². The largest absolute Gasteiger partial charge is 0.326 e. The number of hydrogen-bond acceptors (Lipinski definition) is 3. The summed E-state index contributed by atoms with van der Waals surface area (Å²) in [6.07, 6.45) is 2.85. The van der Waals surface area contributed by atoms with Crippen LogP contribution in [0.4, 0.5) is 5.69 Å². The van der Waals surface area contributed by atoms with Gasteiger partial charge >= 0.3 is 0 Å². The van der Waals surface area contributed by atoms with E-state index in [0.717, 1.165) is 25.2 Å². The Kier molecular flexibility index (Phi) is 4.93. The van der Waals surface area contributed by atoms with Crippen molar-refractivity contribution in [3.63, 3.8) is 0 Å². The summed E-state index contributed by atoms with van der Waals surface area (Å²) < 4.78 is 0. The Bertz CT molecular complexity index is 408. The maximum atomic E-state index is 11.9. The smallest absolute Gasteiger partial charge is 0.225 e. The summed E-state index contributed by atoms with van der Waals surface area (Å²) in [6.45, 7) is 1.96. The van der Waals surface area contributed by atoms with Crippen molar-refractivity contribution in [2.24, 2.45) is 0 Å². The number of carbonyl (C=O) groups excluding carboxylic acids is 1. The Morgan fingerprint density at radius 1 is 1.37 bits per heavy atom. The summed E-state index contributed by atoms with van der Waals surface area (Å²) in [7, 11) is 4.09. The normalized spacial score (nSPS) is 18.8. The van der Waals surface area contributed by atoms with E-state index in [1.54, 1.807) is 0 Å². The molecule has 0 radical (unpaired) electrons. The molecular weight excluding hydrogens is 238 g/mol. The van der Waals surface area contributed by atoms with E-state index in [1.165, 1.54) is 12.0 Å². The van der Waals surface area contributed by atoms with Crippen LogP contribution < -0.4 is 10.6 Å². The van der Waals surface area contributed by atoms with Crippen molar-refractivity contribution in [2.75, 3.05) is 26.0 Å². The van der Waals surface area contributed by atoms with Gasteiger partial charge in [0.05, 0.1) is 0 Å². The van der Waals surface area contributed by atoms with Gasteiger partial charge in [-0.15, -0.1) is 0 Å². The molecular formula is C15H23N3O. The molecule has 104 valence electrons. The first kappa shape index (κ1) is 14.0. The molecule has 1 unspecified atom stereocenters. The van der Waals surface area contributed by atoms with Crippen molar-refractivity contribution in [1.29, 1.82) is 0 Å². The molecule has 1 aromatic carbocycles. The summed E-state index contributed by atoms with van der Waals surface area (Å²) in [5.41, 5.74) is 2.13. The van der Waals surface area contributed by atoms with Crippen molar-refractivity contribution in [1.82, 2.24) is 10.2 Å². The van der Waals surface area contributed by atoms with Crippen LogP contribution in [0.15, 0.2) is 24.3 Å². The molecule has 1 fully saturated rings. The van der Waals surface area contributed by atoms with Crippen LogP contribution in [0.2, 0.25) is 0 Å². The quantitative estimate of drug-likeness (QED) is 0.850. The topological polar surface area (TPSA) is 44.4 Å². The highest BCUT2D eigenvalue weighted by Gasteiger charge is 2.17. The van der Waals surface area contributed by atoms with Gasteiger partial charge in [0.1, 0.15) is 0 Å². The highest BCUT2D eigenvalue weighted by Crippen LogP contribution is 2.13. The van der Waals surface area contributed by atoms with Gasteiger partial charge in [-0.25, -0.2) is 0 Å². The first-order valence-corrected chi connectivity index (χ1v) is 6.90. The number of amides is 1. The number of nitrogens with zero attached hydrogens (tertiary/aromatic N) is 1. The van der Waals surface area contributed by atoms with Gasteiger partial charge in [0.25, 0.3) is 0 Å². The van der Waals surface area contributed by atoms with Crippen LogP contribution in [0, 0.1) is 0 Å². The molecule has 1 aliphatic heterocycles. The average Bonchev–Trinajstić information content (AvgIpc) is 2.83. The molecule has 0 aromatic heterocycles. The lowest BCUT2D eigenvalue weighted by molar-refractivity contribution is -0.116. The van der Waals surface area contributed by atoms with E-state index in [-0.39, 0.29) is 5.91 Å². The Morgan fingerprint density at radius 3 is 2.68 bits per heavy atom. The van der Waals surface area contributed by atoms with Gasteiger partial charge in [0.2, 0.25) is 5.91 Å². The second-order valence-electron chi connectivity index (χ2n) is 5.48. The monoisotopic (exact) mass is 261 g/mol. The summed E-state index contributed by atoms with van der Waals surface area (Å²) >= 11 is 0. The fourth-order valence-corrected chi connectivity index (χ4v) is 2.43. The molecule has 2 N–H and O–H groups in total. The summed E-state index contributed by atoms with van der Waals surface area (Å²) in [4.78, 5) is 14.0. The number of anilines is 1. The molecule has 4 nitrogen and oxygen atoms in total. The predicted octanol–water partition coefficient (Wildman–Crippen LogP) is 1.83. The number of rotatable bonds is 5. The Balaban J connectivity index is 1.82. The fraction of sp³-hybridized carbons (Fsp3) is 0.533. The van der Waals surface area contributed by atoms with Crippen molar-refractivity contribution in [2.45, 2.75) is 31.8 Å². The van der Waals surface area contributed by atoms with E-state index in [1.807, 2.05) is 26.2 Å². The van der Waals surface area contributed by atoms with Crippen molar-refractivity contribution in [3.05, 3.63) is 29.8 Å². The minimum Gasteiger partial charge on any atom is -0.326 e. The van der Waals surface area contributed by atoms with E-state index < -0.39 is 0 Å². The highest BCUT2D eigenvalue weighted by atomic mass is 16.1. The van der Waals surface area contributed by atoms with Gasteiger partial charge < -0.3 is 15.5 Å². The third kappa shape index (κ3) is 4.65. The van der Waals surface area contributed by atoms with Crippen LogP contribution in [-0.4, -0.2) is 37.5 Å². The number of carbonyl (C=O) groups is 1. The average molecular weight is 261 g/mol. The van der Waals surface area contributed by atoms with Crippen molar-refractivity contribution >= 4 is 11.6 Å². The van der Waals surface area contributed by atoms with Gasteiger partial charge in [0, 0.05) is 24.7 Å². The zero-order valence-electron chi connectivity index (χ0n) is 11.8. The highest BCUT2D eigenvalue weighted by molar-refractivity contribution is 5.91. The number of nitrogens with one attached hydrogen (secondary N) is 2. The maximum absolute atomic E-state index is 11.9. The number of hydrogen-bond donors (Lipinski definition) is 2. The van der Waals surface area contributed by atoms with Gasteiger partial charge in [0.15, 0.2) is 0 Å². The standard InChI is InChI=1S/C15H23N3O/c1-18(2)11-12-5-7-13(8-6-12)17-15(19)10-14-4-3-9-16-14/h5-8,14,16H,3-4,9-11H2,1-2H3,(H,17,19). The van der Waals surface area contributed by atoms with Crippen LogP contribution in [-0.2, 0) is 11.3 Å². The van der Waals surface area contributed by atoms with E-state index in [0.29, 0.717) is 12.5 Å². The molecule has 0 bridgehead atoms. The molecule has 2 rings (SSSR count). The maximum Gasteiger partial charge on any atom is 0.225 e. The third-order valence-corrected chi connectivity index (χ3v) is 3.33. The van der Waals surface area contributed by atoms with Gasteiger partial charge in [-0.3, -0.25) is 4.79 Å². The SMILES string of the molecule is CN(C)Cc1ccc(NC(=O)CC2CCCN2)cc1. The number of benzene rings is 1. The van der Waals surface area contributed by atoms with Crippen molar-refractivity contribution in [3.8, 4) is 0 Å². The Morgan fingerprint density at radius 2 is 2.11 bits per heavy atom. The van der Waals surface area contributed by atoms with Crippen LogP contribution in [0.25, 0.3) is 0 Å². The Labute approximate surface area is 115 Å². The minimum atomic E-state index is 0.0970. The molecule has 1 saturated heterocycles. The zero-order valence-corrected chi connectivity index (χ0v) is 11.8. The molecule has 0 aliphatic carbocycles. The van der Waals surface area contributed by atoms with Crippen LogP contribution >= 0.6 is 0 Å². The molecule has 0 saturated carbocycles. The lowest BCUT2D eigenvalue weighted by Gasteiger charge is -2.12. The van der Waals surface area contributed by atoms with Crippen molar-refractivity contribution < 1.29 is 4.79 Å². The van der Waals surface area contributed by atoms with E-state index >= 15 is 0 Å². The van der Waals surface area contributed by atoms with Gasteiger partial charge in [-0.2, -0.15) is 0 Å². The van der Waals surface area contributed by atoms with Gasteiger partial charge in [-0.05, 0) is 51.2 Å². The zero-order chi connectivity index (χ0) is 13.7. The second kappa shape index (κ2) is 6.68. The molecule has 1 amide bonds. The summed E-state index contributed by atoms with van der Waals surface area (Å²) in [5, 5.41) is 6.29. The van der Waals surface area contributed by atoms with E-state index in [2.05, 4.69) is 27.7 Å².